The normalized spacial score (nSPS) is 26.3. The molecule has 22 atom stereocenters. The zero-order chi connectivity index (χ0) is 102. The number of halogens is 3. The molecule has 5 aliphatic rings. The molecule has 134 heavy (non-hydrogen) atoms. The van der Waals surface area contributed by atoms with Crippen LogP contribution in [-0.4, -0.2) is 368 Å². The minimum atomic E-state index is -5.43. The molecule has 7 unspecified atom stereocenters. The van der Waals surface area contributed by atoms with Crippen LogP contribution >= 0.6 is 46.6 Å². The number of rotatable bonds is 32. The predicted molar refractivity (Wildman–Crippen MR) is 507 cm³/mol. The summed E-state index contributed by atoms with van der Waals surface area (Å²) in [6, 6.07) is 0. The zero-order valence-electron chi connectivity index (χ0n) is 77.3. The van der Waals surface area contributed by atoms with Crippen LogP contribution in [0, 0.1) is 4.77 Å². The number of nitrogens with zero attached hydrogens (tertiary/aromatic N) is 5. The molecule has 0 saturated carbocycles. The van der Waals surface area contributed by atoms with Crippen LogP contribution in [-0.2, 0) is 81.2 Å². The van der Waals surface area contributed by atoms with Crippen LogP contribution in [0.2, 0.25) is 0 Å². The molecule has 0 radical (unpaired) electrons. The van der Waals surface area contributed by atoms with Crippen molar-refractivity contribution < 1.29 is 126 Å². The fraction of sp³-hybridized carbons (Fsp3) is 0.627. The molecular weight excluding hydrogens is 1890 g/mol. The third kappa shape index (κ3) is 32.2. The van der Waals surface area contributed by atoms with Crippen LogP contribution in [0.15, 0.2) is 74.1 Å². The summed E-state index contributed by atoms with van der Waals surface area (Å²) in [6.07, 6.45) is 1.64. The third-order valence-corrected chi connectivity index (χ3v) is 29.3. The van der Waals surface area contributed by atoms with E-state index in [1.807, 2.05) is 31.6 Å². The quantitative estimate of drug-likeness (QED) is 0.0140. The Bertz CT molecular complexity index is 5850. The second-order valence-electron chi connectivity index (χ2n) is 37.2. The number of hydrogen-bond donors (Lipinski definition) is 15. The number of hydrogen-bond acceptors (Lipinski definition) is 33. The number of esters is 1. The molecule has 0 spiro atoms. The van der Waals surface area contributed by atoms with Crippen molar-refractivity contribution in [1.29, 1.82) is 0 Å². The number of aliphatic hydroxyl groups is 10. The average molecular weight is 2020 g/mol. The number of nitrogens with one attached hydrogen (secondary N) is 5. The molecule has 10 heterocycles. The Morgan fingerprint density at radius 2 is 0.649 bits per heavy atom. The molecule has 42 nitrogen and oxygen atoms in total. The maximum absolute atomic E-state index is 12.6. The summed E-state index contributed by atoms with van der Waals surface area (Å²) >= 11 is 5.15. The van der Waals surface area contributed by atoms with Crippen molar-refractivity contribution in [2.75, 3.05) is 105 Å². The van der Waals surface area contributed by atoms with E-state index in [1.165, 1.54) is 55.6 Å². The minimum Gasteiger partial charge on any atom is -0.442 e. The first-order valence-electron chi connectivity index (χ1n) is 42.0. The molecule has 0 amide bonds. The summed E-state index contributed by atoms with van der Waals surface area (Å²) < 4.78 is 81.0. The number of ketones is 5. The summed E-state index contributed by atoms with van der Waals surface area (Å²) in [5, 5.41) is 103. The van der Waals surface area contributed by atoms with Gasteiger partial charge in [0.25, 0.3) is 27.8 Å². The molecule has 15 N–H and O–H groups in total. The topological polar surface area (TPSA) is 627 Å². The number of Topliss-reactive ketones (excluding diaryl/α,β-unsaturated/α-hetero) is 5. The number of carbonyl (C=O) groups excluding carboxylic acids is 6. The Labute approximate surface area is 772 Å². The lowest BCUT2D eigenvalue weighted by atomic mass is 10.1. The van der Waals surface area contributed by atoms with Gasteiger partial charge in [-0.1, -0.05) is 0 Å². The van der Waals surface area contributed by atoms with Crippen LogP contribution in [0.25, 0.3) is 0 Å². The highest BCUT2D eigenvalue weighted by molar-refractivity contribution is 7.73. The number of aromatic amines is 5. The Balaban J connectivity index is 0.000000258. The van der Waals surface area contributed by atoms with Gasteiger partial charge in [-0.05, 0) is 176 Å². The molecule has 5 saturated heterocycles. The lowest BCUT2D eigenvalue weighted by Gasteiger charge is -2.21. The van der Waals surface area contributed by atoms with E-state index in [1.54, 1.807) is 4.98 Å². The van der Waals surface area contributed by atoms with Crippen molar-refractivity contribution in [2.24, 2.45) is 0 Å². The number of methoxy groups -OCH3 is 1. The van der Waals surface area contributed by atoms with E-state index in [-0.39, 0.29) is 63.6 Å². The summed E-state index contributed by atoms with van der Waals surface area (Å²) in [7, 11) is 1.43. The summed E-state index contributed by atoms with van der Waals surface area (Å²) in [5.41, 5.74) is -7.92. The molecule has 5 aromatic heterocycles. The summed E-state index contributed by atoms with van der Waals surface area (Å²) in [6.45, 7) is 19.7. The highest BCUT2D eigenvalue weighted by atomic mass is 32.1. The monoisotopic (exact) mass is 2020 g/mol. The number of aromatic nitrogens is 10. The van der Waals surface area contributed by atoms with E-state index in [9.17, 15) is 136 Å². The molecule has 0 bridgehead atoms. The van der Waals surface area contributed by atoms with E-state index >= 15 is 0 Å². The van der Waals surface area contributed by atoms with Gasteiger partial charge in [-0.25, -0.2) is 24.0 Å². The molecule has 10 rings (SSSR count). The van der Waals surface area contributed by atoms with E-state index in [0.717, 1.165) is 53.8 Å². The van der Waals surface area contributed by atoms with E-state index < -0.39 is 249 Å². The highest BCUT2D eigenvalue weighted by Crippen LogP contribution is 2.45. The first-order chi connectivity index (χ1) is 61.5. The summed E-state index contributed by atoms with van der Waals surface area (Å²) in [5.74, 6) is -5.10. The van der Waals surface area contributed by atoms with Gasteiger partial charge in [0.05, 0.1) is 41.6 Å². The van der Waals surface area contributed by atoms with Crippen molar-refractivity contribution in [3.8, 4) is 0 Å². The van der Waals surface area contributed by atoms with Crippen LogP contribution < -0.4 is 50.6 Å². The smallest absolute Gasteiger partial charge is 0.442 e. The molecule has 5 fully saturated rings. The first-order valence-corrected chi connectivity index (χ1v) is 57.6. The molecular formula is C83H126F3N10O32P5S. The Kier molecular flexibility index (Phi) is 40.6. The minimum absolute atomic E-state index is 0.0417. The number of H-pyrrole nitrogens is 5. The summed E-state index contributed by atoms with van der Waals surface area (Å²) in [4.78, 5) is 187. The molecule has 0 aliphatic carbocycles. The van der Waals surface area contributed by atoms with Gasteiger partial charge in [-0.2, -0.15) is 13.2 Å². The van der Waals surface area contributed by atoms with E-state index in [0.29, 0.717) is 49.0 Å². The highest BCUT2D eigenvalue weighted by Gasteiger charge is 2.51. The van der Waals surface area contributed by atoms with Gasteiger partial charge >= 0.3 is 34.9 Å². The fourth-order valence-corrected chi connectivity index (χ4v) is 19.5. The van der Waals surface area contributed by atoms with Crippen LogP contribution in [0.1, 0.15) is 138 Å². The first kappa shape index (κ1) is 115. The molecule has 51 heteroatoms. The van der Waals surface area contributed by atoms with Crippen LogP contribution in [0.3, 0.4) is 0 Å². The van der Waals surface area contributed by atoms with Crippen molar-refractivity contribution >= 4 is 113 Å². The van der Waals surface area contributed by atoms with Crippen molar-refractivity contribution in [1.82, 2.24) is 47.8 Å². The van der Waals surface area contributed by atoms with Gasteiger partial charge < -0.3 is 84.2 Å². The maximum Gasteiger partial charge on any atom is 0.490 e. The van der Waals surface area contributed by atoms with Crippen molar-refractivity contribution in [3.05, 3.63) is 157 Å². The average Bonchev–Trinajstić information content (AvgIpc) is 1.56. The Hall–Kier alpha value is -7.71. The van der Waals surface area contributed by atoms with Gasteiger partial charge in [0.2, 0.25) is 0 Å². The largest absolute Gasteiger partial charge is 0.490 e. The number of aliphatic hydroxyl groups excluding tert-OH is 10. The molecule has 0 aromatic carbocycles. The van der Waals surface area contributed by atoms with Gasteiger partial charge in [-0.3, -0.25) is 95.7 Å². The molecule has 5 aromatic rings. The maximum atomic E-state index is 12.6. The lowest BCUT2D eigenvalue weighted by Crippen LogP contribution is -2.40. The van der Waals surface area contributed by atoms with Crippen LogP contribution in [0.4, 0.5) is 13.2 Å². The second kappa shape index (κ2) is 47.3. The van der Waals surface area contributed by atoms with Gasteiger partial charge in [0, 0.05) is 74.0 Å². The zero-order valence-corrected chi connectivity index (χ0v) is 82.6. The predicted octanol–water partition coefficient (Wildman–Crippen LogP) is -0.949. The van der Waals surface area contributed by atoms with Crippen molar-refractivity contribution in [2.45, 2.75) is 227 Å². The van der Waals surface area contributed by atoms with Crippen molar-refractivity contribution in [3.63, 3.8) is 0 Å². The molecule has 5 aliphatic heterocycles. The van der Waals surface area contributed by atoms with E-state index in [4.69, 9.17) is 40.6 Å². The number of ether oxygens (including phenoxy) is 7. The SMILES string of the molecule is C=P(C)(C)CC[C@H]1OC(n2cc(C(O)C(C)=O)c(=O)[nH]c2=O)[C@H](O)[C@@H]1O.C=P(C)(C)CC[C@H]1OC(n2cc(C(OC(=O)C(F)(F)F)C(C)=O)c(=O)[nH]c2=O)[C@H](O)[C@@H]1O.C=P(C)(C)CC[C@H]1OC(n2cc(CC(C)=O)c(=O)[nH]c2=O)[C@H](O)[C@@H]1O.C=P(C)(C)CC[C@H]1OC(n2cc(CC(C)=O)c(=O)[nH]c2=O)[C@H](OC)[C@@H]1O.C=P(C)(C)CC[C@H]1OC(n2cc(CC(C)=O)c(=O)[nH]c2=S)[C@H](O)[C@@H]1O. The standard InChI is InChI=1S/C18H24F3N2O8P.C17H27N2O6P.C16H25N2O7P.C16H25N2O6P.C16H25N2O5PS/c1-8(24)13(31-16(28)18(19,20)21)9-7-23(17(29)22-14(9)27)15-12(26)11(25)10(30-15)5-6-32(2,3)4;1-10(20)8-11-9-19(17(23)18-15(11)22)16-14(24-2)13(21)12(25-16)6-7-26(3,4)5;1-8(19)11(20)9-7-18(16(24)17-14(9)23)15-13(22)12(21)10(25-15)5-6-26(2,3)4;1-9(19)7-10-8-18(16(23)17-14(10)22)15-13(21)12(20)11(24-15)5-6-25(2,3)4;1-9(19)7-10-8-18(16(25)17-14(10)22)15-13(21)12(20)11(23-15)5-6-24(2,3)4/h7,10-13,15,25-26H,2,5-6H2,1,3-4H3,(H,22,27,29);9,12-14,16,21H,3,6-8H2,1-2,4-5H3,(H,18,22,23);7,10-13,15,20-22H,2,5-6H2,1,3-4H3,(H,17,23,24);8,11-13,15,20-21H,2,5-7H2,1,3-4H3,(H,17,22,23);8,11-13,15,20-21H,2,5-7H2,1,3-4H3,(H,17,22,25)/t10-,11-,12-,13?,15?;12-,13-,14-,16?;10-,11?,12-,13-,15?;2*11-,12-,13-,15?/m11111/s1. The second-order valence-corrected chi connectivity index (χ2v) is 59.2. The lowest BCUT2D eigenvalue weighted by molar-refractivity contribution is -0.205. The Morgan fingerprint density at radius 1 is 0.396 bits per heavy atom. The van der Waals surface area contributed by atoms with Gasteiger partial charge in [-0.15, -0.1) is 65.9 Å². The van der Waals surface area contributed by atoms with Gasteiger partial charge in [0.15, 0.2) is 53.6 Å². The third-order valence-electron chi connectivity index (χ3n) is 21.6. The van der Waals surface area contributed by atoms with Crippen LogP contribution in [0.5, 0.6) is 0 Å². The number of alkyl halides is 3. The van der Waals surface area contributed by atoms with E-state index in [2.05, 4.69) is 91.2 Å². The number of carbonyl (C=O) groups is 6. The fourth-order valence-electron chi connectivity index (χ4n) is 14.5. The molecule has 752 valence electrons. The van der Waals surface area contributed by atoms with Gasteiger partial charge in [0.1, 0.15) is 84.5 Å². The Morgan fingerprint density at radius 3 is 0.933 bits per heavy atom.